The molecule has 0 saturated heterocycles. The molecule has 1 aliphatic rings. The number of hydrogen-bond donors (Lipinski definition) is 0. The van der Waals surface area contributed by atoms with E-state index in [0.29, 0.717) is 15.9 Å². The van der Waals surface area contributed by atoms with E-state index >= 15 is 0 Å². The van der Waals surface area contributed by atoms with Crippen molar-refractivity contribution in [1.29, 1.82) is 0 Å². The summed E-state index contributed by atoms with van der Waals surface area (Å²) < 4.78 is 7.30. The number of nitrogens with zero attached hydrogens (tertiary/aromatic N) is 4. The predicted molar refractivity (Wildman–Crippen MR) is 127 cm³/mol. The molecule has 6 rings (SSSR count). The van der Waals surface area contributed by atoms with Gasteiger partial charge in [0.1, 0.15) is 20.8 Å². The molecule has 0 aliphatic heterocycles. The number of benzene rings is 2. The minimum absolute atomic E-state index is 0.164. The van der Waals surface area contributed by atoms with Gasteiger partial charge in [0.2, 0.25) is 0 Å². The molecular weight excluding hydrogens is 420 g/mol. The first-order valence-electron chi connectivity index (χ1n) is 10.6. The highest BCUT2D eigenvalue weighted by Gasteiger charge is 2.25. The van der Waals surface area contributed by atoms with Crippen molar-refractivity contribution in [3.63, 3.8) is 0 Å². The molecule has 3 heterocycles. The first-order chi connectivity index (χ1) is 15.6. The summed E-state index contributed by atoms with van der Waals surface area (Å²) in [5.41, 5.74) is 6.89. The van der Waals surface area contributed by atoms with Crippen LogP contribution in [0.4, 0.5) is 0 Å². The highest BCUT2D eigenvalue weighted by Crippen LogP contribution is 2.42. The zero-order valence-electron chi connectivity index (χ0n) is 17.8. The molecule has 6 nitrogen and oxygen atoms in total. The number of aromatic nitrogens is 4. The highest BCUT2D eigenvalue weighted by molar-refractivity contribution is 7.25. The molecule has 0 saturated carbocycles. The maximum absolute atomic E-state index is 13.4. The van der Waals surface area contributed by atoms with Crippen molar-refractivity contribution in [3.8, 4) is 22.6 Å². The number of pyridine rings is 1. The van der Waals surface area contributed by atoms with Crippen molar-refractivity contribution in [2.45, 2.75) is 26.2 Å². The van der Waals surface area contributed by atoms with Gasteiger partial charge in [0.25, 0.3) is 5.56 Å². The number of ether oxygens (including phenoxy) is 1. The van der Waals surface area contributed by atoms with Crippen LogP contribution in [-0.4, -0.2) is 27.1 Å². The van der Waals surface area contributed by atoms with E-state index in [0.717, 1.165) is 57.6 Å². The third kappa shape index (κ3) is 2.85. The second-order valence-corrected chi connectivity index (χ2v) is 9.10. The molecule has 0 fully saturated rings. The zero-order valence-corrected chi connectivity index (χ0v) is 18.6. The van der Waals surface area contributed by atoms with Crippen molar-refractivity contribution < 1.29 is 4.74 Å². The van der Waals surface area contributed by atoms with Crippen LogP contribution >= 0.6 is 11.3 Å². The third-order valence-corrected chi connectivity index (χ3v) is 7.18. The number of hydrogen-bond acceptors (Lipinski definition) is 6. The molecule has 5 aromatic rings. The molecule has 0 unspecified atom stereocenters. The number of rotatable bonds is 3. The van der Waals surface area contributed by atoms with Gasteiger partial charge in [-0.15, -0.1) is 16.4 Å². The van der Waals surface area contributed by atoms with E-state index in [2.05, 4.69) is 22.4 Å². The van der Waals surface area contributed by atoms with Crippen LogP contribution in [0.5, 0.6) is 5.75 Å². The van der Waals surface area contributed by atoms with Gasteiger partial charge < -0.3 is 4.74 Å². The Bertz CT molecular complexity index is 1550. The molecule has 0 N–H and O–H groups in total. The number of aryl methyl sites for hydroxylation is 2. The fourth-order valence-corrected chi connectivity index (χ4v) is 5.57. The fourth-order valence-electron chi connectivity index (χ4n) is 4.51. The van der Waals surface area contributed by atoms with Crippen molar-refractivity contribution in [3.05, 3.63) is 75.7 Å². The quantitative estimate of drug-likeness (QED) is 0.401. The topological polar surface area (TPSA) is 69.9 Å². The average Bonchev–Trinajstić information content (AvgIpc) is 3.43. The Kier molecular flexibility index (Phi) is 4.33. The SMILES string of the molecule is COc1ccc(-c2c3c(nc4sc5c(=O)n(-c6ccc(C)cc6)nnc5c24)CCC3)cc1. The smallest absolute Gasteiger partial charge is 0.292 e. The van der Waals surface area contributed by atoms with Gasteiger partial charge in [0.15, 0.2) is 0 Å². The first kappa shape index (κ1) is 19.1. The van der Waals surface area contributed by atoms with Gasteiger partial charge in [-0.05, 0) is 67.1 Å². The molecule has 0 atom stereocenters. The molecule has 158 valence electrons. The van der Waals surface area contributed by atoms with Crippen molar-refractivity contribution >= 4 is 31.8 Å². The Labute approximate surface area is 188 Å². The van der Waals surface area contributed by atoms with E-state index < -0.39 is 0 Å². The summed E-state index contributed by atoms with van der Waals surface area (Å²) in [7, 11) is 1.67. The summed E-state index contributed by atoms with van der Waals surface area (Å²) in [6, 6.07) is 15.8. The third-order valence-electron chi connectivity index (χ3n) is 6.12. The fraction of sp³-hybridized carbons (Fsp3) is 0.200. The normalized spacial score (nSPS) is 13.1. The van der Waals surface area contributed by atoms with E-state index in [9.17, 15) is 4.79 Å². The van der Waals surface area contributed by atoms with E-state index in [-0.39, 0.29) is 5.56 Å². The van der Waals surface area contributed by atoms with Gasteiger partial charge in [-0.1, -0.05) is 35.0 Å². The molecule has 32 heavy (non-hydrogen) atoms. The van der Waals surface area contributed by atoms with Crippen LogP contribution in [0.25, 0.3) is 37.2 Å². The van der Waals surface area contributed by atoms with Crippen LogP contribution in [-0.2, 0) is 12.8 Å². The van der Waals surface area contributed by atoms with Crippen LogP contribution < -0.4 is 10.3 Å². The van der Waals surface area contributed by atoms with Crippen molar-refractivity contribution in [2.24, 2.45) is 0 Å². The van der Waals surface area contributed by atoms with Crippen LogP contribution in [0.3, 0.4) is 0 Å². The molecule has 3 aromatic heterocycles. The largest absolute Gasteiger partial charge is 0.497 e. The number of thiophene rings is 1. The lowest BCUT2D eigenvalue weighted by Crippen LogP contribution is -2.21. The second-order valence-electron chi connectivity index (χ2n) is 8.10. The van der Waals surface area contributed by atoms with E-state index in [1.54, 1.807) is 7.11 Å². The van der Waals surface area contributed by atoms with Crippen molar-refractivity contribution in [1.82, 2.24) is 20.0 Å². The Balaban J connectivity index is 1.65. The lowest BCUT2D eigenvalue weighted by atomic mass is 9.96. The molecule has 0 bridgehead atoms. The Morgan fingerprint density at radius 2 is 1.81 bits per heavy atom. The summed E-state index contributed by atoms with van der Waals surface area (Å²) in [5.74, 6) is 0.812. The first-order valence-corrected chi connectivity index (χ1v) is 11.4. The minimum atomic E-state index is -0.164. The van der Waals surface area contributed by atoms with Gasteiger partial charge in [-0.3, -0.25) is 4.79 Å². The van der Waals surface area contributed by atoms with Crippen LogP contribution in [0.2, 0.25) is 0 Å². The average molecular weight is 441 g/mol. The van der Waals surface area contributed by atoms with Crippen LogP contribution in [0.15, 0.2) is 53.3 Å². The van der Waals surface area contributed by atoms with Crippen LogP contribution in [0.1, 0.15) is 23.2 Å². The second kappa shape index (κ2) is 7.24. The predicted octanol–water partition coefficient (Wildman–Crippen LogP) is 4.86. The maximum atomic E-state index is 13.4. The lowest BCUT2D eigenvalue weighted by molar-refractivity contribution is 0.415. The summed E-state index contributed by atoms with van der Waals surface area (Å²) in [6.07, 6.45) is 3.03. The van der Waals surface area contributed by atoms with Gasteiger partial charge in [0.05, 0.1) is 12.8 Å². The minimum Gasteiger partial charge on any atom is -0.497 e. The Morgan fingerprint density at radius 3 is 2.56 bits per heavy atom. The summed E-state index contributed by atoms with van der Waals surface area (Å²) in [6.45, 7) is 2.01. The molecule has 7 heteroatoms. The molecule has 0 amide bonds. The van der Waals surface area contributed by atoms with Crippen molar-refractivity contribution in [2.75, 3.05) is 7.11 Å². The Morgan fingerprint density at radius 1 is 1.03 bits per heavy atom. The molecular formula is C25H20N4O2S. The van der Waals surface area contributed by atoms with Crippen LogP contribution in [0, 0.1) is 6.92 Å². The molecule has 0 radical (unpaired) electrons. The molecule has 1 aliphatic carbocycles. The number of methoxy groups -OCH3 is 1. The Hall–Kier alpha value is -3.58. The van der Waals surface area contributed by atoms with Gasteiger partial charge in [-0.2, -0.15) is 4.68 Å². The van der Waals surface area contributed by atoms with Gasteiger partial charge in [0, 0.05) is 11.1 Å². The van der Waals surface area contributed by atoms with Gasteiger partial charge in [-0.25, -0.2) is 4.98 Å². The zero-order chi connectivity index (χ0) is 21.8. The lowest BCUT2D eigenvalue weighted by Gasteiger charge is -2.11. The maximum Gasteiger partial charge on any atom is 0.292 e. The monoisotopic (exact) mass is 440 g/mol. The number of fused-ring (bicyclic) bond motifs is 4. The standard InChI is InChI=1S/C25H20N4O2S/c1-14-6-10-16(11-7-14)29-25(30)23-22(27-28-29)21-20(15-8-12-17(31-2)13-9-15)18-4-3-5-19(18)26-24(21)32-23/h6-13H,3-5H2,1-2H3. The highest BCUT2D eigenvalue weighted by atomic mass is 32.1. The summed E-state index contributed by atoms with van der Waals surface area (Å²) in [5, 5.41) is 9.76. The van der Waals surface area contributed by atoms with E-state index in [1.807, 2.05) is 43.3 Å². The van der Waals surface area contributed by atoms with E-state index in [4.69, 9.17) is 9.72 Å². The van der Waals surface area contributed by atoms with Gasteiger partial charge >= 0.3 is 0 Å². The summed E-state index contributed by atoms with van der Waals surface area (Å²) in [4.78, 5) is 19.2. The molecule has 0 spiro atoms. The summed E-state index contributed by atoms with van der Waals surface area (Å²) >= 11 is 1.41. The molecule has 2 aromatic carbocycles. The van der Waals surface area contributed by atoms with E-state index in [1.165, 1.54) is 21.6 Å².